The van der Waals surface area contributed by atoms with Gasteiger partial charge in [-0.2, -0.15) is 13.2 Å². The van der Waals surface area contributed by atoms with Crippen molar-refractivity contribution in [2.24, 2.45) is 5.73 Å². The van der Waals surface area contributed by atoms with Crippen molar-refractivity contribution >= 4 is 12.4 Å². The van der Waals surface area contributed by atoms with Gasteiger partial charge in [-0.15, -0.1) is 12.4 Å². The summed E-state index contributed by atoms with van der Waals surface area (Å²) < 4.78 is 37.2. The molecule has 0 fully saturated rings. The van der Waals surface area contributed by atoms with Crippen LogP contribution in [0.15, 0.2) is 36.5 Å². The van der Waals surface area contributed by atoms with Crippen LogP contribution < -0.4 is 5.73 Å². The van der Waals surface area contributed by atoms with Crippen LogP contribution in [-0.2, 0) is 12.7 Å². The molecule has 0 radical (unpaired) electrons. The van der Waals surface area contributed by atoms with Gasteiger partial charge in [-0.3, -0.25) is 4.98 Å². The van der Waals surface area contributed by atoms with Gasteiger partial charge in [0.1, 0.15) is 5.75 Å². The van der Waals surface area contributed by atoms with Crippen LogP contribution in [0.5, 0.6) is 5.75 Å². The van der Waals surface area contributed by atoms with Crippen molar-refractivity contribution in [3.05, 3.63) is 47.7 Å². The number of aromatic nitrogens is 1. The molecule has 0 saturated carbocycles. The number of nitrogens with two attached hydrogens (primary N) is 1. The Balaban J connectivity index is 0.00000200. The summed E-state index contributed by atoms with van der Waals surface area (Å²) in [5.41, 5.74) is 6.03. The summed E-state index contributed by atoms with van der Waals surface area (Å²) in [4.78, 5) is 3.73. The maximum atomic E-state index is 12.4. The first-order chi connectivity index (χ1) is 8.91. The fraction of sp³-hybridized carbons (Fsp3) is 0.154. The molecular formula is C13H12ClF3N2O. The lowest BCUT2D eigenvalue weighted by Crippen LogP contribution is -2.05. The van der Waals surface area contributed by atoms with Gasteiger partial charge in [0, 0.05) is 18.3 Å². The van der Waals surface area contributed by atoms with E-state index in [1.807, 2.05) is 0 Å². The Labute approximate surface area is 119 Å². The van der Waals surface area contributed by atoms with Gasteiger partial charge in [0.05, 0.1) is 11.3 Å². The lowest BCUT2D eigenvalue weighted by Gasteiger charge is -2.09. The number of rotatable bonds is 2. The molecule has 2 rings (SSSR count). The largest absolute Gasteiger partial charge is 0.507 e. The van der Waals surface area contributed by atoms with Gasteiger partial charge in [-0.25, -0.2) is 0 Å². The van der Waals surface area contributed by atoms with Crippen LogP contribution in [0.1, 0.15) is 11.1 Å². The molecule has 2 aromatic rings. The molecule has 0 bridgehead atoms. The molecular weight excluding hydrogens is 293 g/mol. The molecule has 7 heteroatoms. The average Bonchev–Trinajstić information content (AvgIpc) is 2.38. The van der Waals surface area contributed by atoms with Crippen LogP contribution >= 0.6 is 12.4 Å². The molecule has 3 N–H and O–H groups in total. The standard InChI is InChI=1S/C13H11F3N2O.ClH/c14-13(15,16)9-2-3-11(18-7-9)10-5-8(6-17)1-4-12(10)19;/h1-5,7,19H,6,17H2;1H. The molecule has 0 aliphatic rings. The van der Waals surface area contributed by atoms with Crippen molar-refractivity contribution in [3.63, 3.8) is 0 Å². The van der Waals surface area contributed by atoms with Crippen LogP contribution in [0.2, 0.25) is 0 Å². The summed E-state index contributed by atoms with van der Waals surface area (Å²) in [6.07, 6.45) is -3.68. The summed E-state index contributed by atoms with van der Waals surface area (Å²) >= 11 is 0. The SMILES string of the molecule is Cl.NCc1ccc(O)c(-c2ccc(C(F)(F)F)cn2)c1. The summed E-state index contributed by atoms with van der Waals surface area (Å²) in [5.74, 6) is -0.0514. The zero-order valence-corrected chi connectivity index (χ0v) is 11.0. The van der Waals surface area contributed by atoms with E-state index in [-0.39, 0.29) is 30.4 Å². The van der Waals surface area contributed by atoms with E-state index in [0.717, 1.165) is 17.8 Å². The molecule has 20 heavy (non-hydrogen) atoms. The zero-order chi connectivity index (χ0) is 14.0. The van der Waals surface area contributed by atoms with E-state index < -0.39 is 11.7 Å². The Morgan fingerprint density at radius 3 is 2.35 bits per heavy atom. The Kier molecular flexibility index (Phi) is 4.97. The predicted molar refractivity (Wildman–Crippen MR) is 71.5 cm³/mol. The number of phenols is 1. The lowest BCUT2D eigenvalue weighted by molar-refractivity contribution is -0.137. The van der Waals surface area contributed by atoms with Crippen molar-refractivity contribution in [2.45, 2.75) is 12.7 Å². The molecule has 1 heterocycles. The van der Waals surface area contributed by atoms with Gasteiger partial charge in [0.2, 0.25) is 0 Å². The highest BCUT2D eigenvalue weighted by Crippen LogP contribution is 2.32. The van der Waals surface area contributed by atoms with E-state index in [1.165, 1.54) is 12.1 Å². The highest BCUT2D eigenvalue weighted by molar-refractivity contribution is 5.85. The van der Waals surface area contributed by atoms with Gasteiger partial charge < -0.3 is 10.8 Å². The Morgan fingerprint density at radius 1 is 1.15 bits per heavy atom. The second-order valence-corrected chi connectivity index (χ2v) is 3.99. The number of hydrogen-bond donors (Lipinski definition) is 2. The second-order valence-electron chi connectivity index (χ2n) is 3.99. The van der Waals surface area contributed by atoms with Crippen molar-refractivity contribution in [2.75, 3.05) is 0 Å². The Morgan fingerprint density at radius 2 is 1.85 bits per heavy atom. The third-order valence-electron chi connectivity index (χ3n) is 2.66. The number of pyridine rings is 1. The van der Waals surface area contributed by atoms with Crippen molar-refractivity contribution in [1.29, 1.82) is 0 Å². The van der Waals surface area contributed by atoms with Crippen LogP contribution in [0.4, 0.5) is 13.2 Å². The third-order valence-corrected chi connectivity index (χ3v) is 2.66. The van der Waals surface area contributed by atoms with Gasteiger partial charge in [-0.1, -0.05) is 6.07 Å². The highest BCUT2D eigenvalue weighted by atomic mass is 35.5. The molecule has 1 aromatic heterocycles. The molecule has 0 aliphatic heterocycles. The molecule has 0 amide bonds. The number of nitrogens with zero attached hydrogens (tertiary/aromatic N) is 1. The van der Waals surface area contributed by atoms with Crippen LogP contribution in [0.25, 0.3) is 11.3 Å². The quantitative estimate of drug-likeness (QED) is 0.894. The summed E-state index contributed by atoms with van der Waals surface area (Å²) in [6, 6.07) is 6.83. The second kappa shape index (κ2) is 6.11. The highest BCUT2D eigenvalue weighted by Gasteiger charge is 2.30. The molecule has 0 unspecified atom stereocenters. The van der Waals surface area contributed by atoms with E-state index >= 15 is 0 Å². The average molecular weight is 305 g/mol. The first-order valence-electron chi connectivity index (χ1n) is 5.47. The number of aromatic hydroxyl groups is 1. The minimum atomic E-state index is -4.42. The third kappa shape index (κ3) is 3.40. The lowest BCUT2D eigenvalue weighted by atomic mass is 10.1. The predicted octanol–water partition coefficient (Wildman–Crippen LogP) is 3.35. The topological polar surface area (TPSA) is 59.1 Å². The van der Waals surface area contributed by atoms with Gasteiger partial charge in [0.25, 0.3) is 0 Å². The molecule has 0 spiro atoms. The van der Waals surface area contributed by atoms with Crippen LogP contribution in [0, 0.1) is 0 Å². The van der Waals surface area contributed by atoms with Crippen molar-refractivity contribution < 1.29 is 18.3 Å². The molecule has 108 valence electrons. The van der Waals surface area contributed by atoms with Crippen molar-refractivity contribution in [1.82, 2.24) is 4.98 Å². The first-order valence-corrected chi connectivity index (χ1v) is 5.47. The molecule has 0 atom stereocenters. The van der Waals surface area contributed by atoms with Crippen LogP contribution in [0.3, 0.4) is 0 Å². The maximum Gasteiger partial charge on any atom is 0.417 e. The van der Waals surface area contributed by atoms with E-state index in [0.29, 0.717) is 5.56 Å². The normalized spacial score (nSPS) is 11.0. The van der Waals surface area contributed by atoms with Gasteiger partial charge >= 0.3 is 6.18 Å². The van der Waals surface area contributed by atoms with Crippen LogP contribution in [-0.4, -0.2) is 10.1 Å². The monoisotopic (exact) mass is 304 g/mol. The minimum absolute atomic E-state index is 0. The molecule has 0 aliphatic carbocycles. The summed E-state index contributed by atoms with van der Waals surface area (Å²) in [5, 5.41) is 9.71. The molecule has 1 aromatic carbocycles. The molecule has 0 saturated heterocycles. The number of hydrogen-bond acceptors (Lipinski definition) is 3. The Bertz CT molecular complexity index is 585. The first kappa shape index (κ1) is 16.3. The Hall–Kier alpha value is -1.79. The fourth-order valence-electron chi connectivity index (χ4n) is 1.64. The van der Waals surface area contributed by atoms with E-state index in [2.05, 4.69) is 4.98 Å². The zero-order valence-electron chi connectivity index (χ0n) is 10.2. The summed E-state index contributed by atoms with van der Waals surface area (Å²) in [7, 11) is 0. The number of phenolic OH excluding ortho intramolecular Hbond substituents is 1. The minimum Gasteiger partial charge on any atom is -0.507 e. The van der Waals surface area contributed by atoms with E-state index in [1.54, 1.807) is 12.1 Å². The van der Waals surface area contributed by atoms with Crippen molar-refractivity contribution in [3.8, 4) is 17.0 Å². The van der Waals surface area contributed by atoms with Gasteiger partial charge in [-0.05, 0) is 29.8 Å². The van der Waals surface area contributed by atoms with E-state index in [4.69, 9.17) is 5.73 Å². The number of benzene rings is 1. The van der Waals surface area contributed by atoms with E-state index in [9.17, 15) is 18.3 Å². The number of halogens is 4. The van der Waals surface area contributed by atoms with Gasteiger partial charge in [0.15, 0.2) is 0 Å². The molecule has 3 nitrogen and oxygen atoms in total. The summed E-state index contributed by atoms with van der Waals surface area (Å²) in [6.45, 7) is 0.272. The maximum absolute atomic E-state index is 12.4. The number of alkyl halides is 3. The smallest absolute Gasteiger partial charge is 0.417 e. The fourth-order valence-corrected chi connectivity index (χ4v) is 1.64.